The topological polar surface area (TPSA) is 127 Å². The molecule has 1 atom stereocenters. The fourth-order valence-corrected chi connectivity index (χ4v) is 4.62. The van der Waals surface area contributed by atoms with E-state index in [-0.39, 0.29) is 17.8 Å². The summed E-state index contributed by atoms with van der Waals surface area (Å²) >= 11 is 0. The van der Waals surface area contributed by atoms with Gasteiger partial charge in [0.1, 0.15) is 5.75 Å². The smallest absolute Gasteiger partial charge is 0.307 e. The number of nitrogens with zero attached hydrogens (tertiary/aromatic N) is 1. The molecule has 0 fully saturated rings. The number of carbonyl (C=O) groups is 3. The van der Waals surface area contributed by atoms with E-state index in [2.05, 4.69) is 0 Å². The SMILES string of the molecule is COc1cccc(C2C(C(=O)c3cc4cccc(OC)c4o3)=C(O)C(=O)N2c2ccc(CC(=O)O)cc2)c1. The van der Waals surface area contributed by atoms with Crippen molar-refractivity contribution in [3.05, 3.63) is 101 Å². The number of rotatable bonds is 8. The van der Waals surface area contributed by atoms with Crippen LogP contribution in [-0.4, -0.2) is 42.1 Å². The van der Waals surface area contributed by atoms with Crippen LogP contribution < -0.4 is 14.4 Å². The molecule has 0 saturated carbocycles. The van der Waals surface area contributed by atoms with Crippen LogP contribution in [0.3, 0.4) is 0 Å². The molecule has 192 valence electrons. The van der Waals surface area contributed by atoms with E-state index in [1.807, 2.05) is 0 Å². The van der Waals surface area contributed by atoms with Gasteiger partial charge in [-0.1, -0.05) is 36.4 Å². The van der Waals surface area contributed by atoms with Crippen LogP contribution in [0.25, 0.3) is 11.0 Å². The Morgan fingerprint density at radius 3 is 2.39 bits per heavy atom. The number of carboxylic acids is 1. The van der Waals surface area contributed by atoms with Crippen LogP contribution in [0.2, 0.25) is 0 Å². The number of ether oxygens (including phenoxy) is 2. The maximum absolute atomic E-state index is 13.8. The number of benzene rings is 3. The number of carbonyl (C=O) groups excluding carboxylic acids is 2. The van der Waals surface area contributed by atoms with Crippen molar-refractivity contribution in [2.24, 2.45) is 0 Å². The van der Waals surface area contributed by atoms with E-state index in [1.165, 1.54) is 25.2 Å². The predicted octanol–water partition coefficient (Wildman–Crippen LogP) is 4.86. The summed E-state index contributed by atoms with van der Waals surface area (Å²) in [6, 6.07) is 18.9. The van der Waals surface area contributed by atoms with Crippen LogP contribution in [0.4, 0.5) is 5.69 Å². The van der Waals surface area contributed by atoms with Gasteiger partial charge in [-0.25, -0.2) is 0 Å². The summed E-state index contributed by atoms with van der Waals surface area (Å²) in [5, 5.41) is 20.7. The van der Waals surface area contributed by atoms with Gasteiger partial charge < -0.3 is 24.1 Å². The van der Waals surface area contributed by atoms with Gasteiger partial charge in [-0.15, -0.1) is 0 Å². The summed E-state index contributed by atoms with van der Waals surface area (Å²) in [4.78, 5) is 39.6. The molecule has 1 aliphatic rings. The van der Waals surface area contributed by atoms with E-state index >= 15 is 0 Å². The van der Waals surface area contributed by atoms with Crippen LogP contribution in [-0.2, 0) is 16.0 Å². The van der Waals surface area contributed by atoms with Crippen LogP contribution in [0.5, 0.6) is 11.5 Å². The summed E-state index contributed by atoms with van der Waals surface area (Å²) in [5.74, 6) is -2.25. The number of furan rings is 1. The van der Waals surface area contributed by atoms with Crippen molar-refractivity contribution in [2.75, 3.05) is 19.1 Å². The Morgan fingerprint density at radius 2 is 1.71 bits per heavy atom. The number of aliphatic hydroxyl groups is 1. The number of aliphatic carboxylic acids is 1. The lowest BCUT2D eigenvalue weighted by Gasteiger charge is -2.27. The molecule has 0 radical (unpaired) electrons. The molecular weight excluding hydrogens is 490 g/mol. The maximum atomic E-state index is 13.8. The lowest BCUT2D eigenvalue weighted by molar-refractivity contribution is -0.136. The molecule has 1 aliphatic heterocycles. The number of anilines is 1. The second-order valence-electron chi connectivity index (χ2n) is 8.67. The Balaban J connectivity index is 1.63. The fraction of sp³-hybridized carbons (Fsp3) is 0.138. The maximum Gasteiger partial charge on any atom is 0.307 e. The number of ketones is 1. The molecule has 2 heterocycles. The van der Waals surface area contributed by atoms with Gasteiger partial charge in [-0.3, -0.25) is 19.3 Å². The van der Waals surface area contributed by atoms with E-state index in [0.717, 1.165) is 0 Å². The molecule has 0 bridgehead atoms. The zero-order valence-corrected chi connectivity index (χ0v) is 20.5. The average molecular weight is 514 g/mol. The van der Waals surface area contributed by atoms with Gasteiger partial charge in [0.25, 0.3) is 5.91 Å². The first kappa shape index (κ1) is 24.6. The summed E-state index contributed by atoms with van der Waals surface area (Å²) in [7, 11) is 2.99. The van der Waals surface area contributed by atoms with Gasteiger partial charge >= 0.3 is 5.97 Å². The Bertz CT molecular complexity index is 1600. The zero-order chi connectivity index (χ0) is 27.0. The molecule has 0 aliphatic carbocycles. The molecule has 38 heavy (non-hydrogen) atoms. The summed E-state index contributed by atoms with van der Waals surface area (Å²) in [6.07, 6.45) is -0.184. The number of carboxylic acid groups (broad SMARTS) is 1. The molecule has 5 rings (SSSR count). The number of hydrogen-bond acceptors (Lipinski definition) is 7. The van der Waals surface area contributed by atoms with E-state index in [1.54, 1.807) is 66.7 Å². The van der Waals surface area contributed by atoms with Crippen molar-refractivity contribution in [2.45, 2.75) is 12.5 Å². The third-order valence-corrected chi connectivity index (χ3v) is 6.38. The van der Waals surface area contributed by atoms with E-state index in [9.17, 15) is 19.5 Å². The highest BCUT2D eigenvalue weighted by Crippen LogP contribution is 2.43. The monoisotopic (exact) mass is 513 g/mol. The number of fused-ring (bicyclic) bond motifs is 1. The Kier molecular flexibility index (Phi) is 6.34. The first-order chi connectivity index (χ1) is 18.3. The molecule has 0 saturated heterocycles. The van der Waals surface area contributed by atoms with Crippen molar-refractivity contribution in [3.8, 4) is 11.5 Å². The first-order valence-corrected chi connectivity index (χ1v) is 11.6. The number of hydrogen-bond donors (Lipinski definition) is 2. The number of Topliss-reactive ketones (excluding diaryl/α,β-unsaturated/α-hetero) is 1. The quantitative estimate of drug-likeness (QED) is 0.320. The van der Waals surface area contributed by atoms with Gasteiger partial charge in [0.05, 0.1) is 32.3 Å². The van der Waals surface area contributed by atoms with Crippen molar-refractivity contribution < 1.29 is 38.5 Å². The number of para-hydroxylation sites is 1. The standard InChI is InChI=1S/C29H23NO8/c1-36-20-7-3-5-17(14-20)25-24(26(33)22-15-18-6-4-8-21(37-2)28(18)38-22)27(34)29(35)30(25)19-11-9-16(10-12-19)13-23(31)32/h3-12,14-15,25,34H,13H2,1-2H3,(H,31,32). The molecular formula is C29H23NO8. The third kappa shape index (κ3) is 4.24. The summed E-state index contributed by atoms with van der Waals surface area (Å²) < 4.78 is 16.5. The van der Waals surface area contributed by atoms with E-state index in [0.29, 0.717) is 39.3 Å². The van der Waals surface area contributed by atoms with E-state index in [4.69, 9.17) is 19.0 Å². The van der Waals surface area contributed by atoms with Crippen LogP contribution >= 0.6 is 0 Å². The minimum atomic E-state index is -1.01. The highest BCUT2D eigenvalue weighted by Gasteiger charge is 2.45. The largest absolute Gasteiger partial charge is 0.503 e. The Hall–Kier alpha value is -5.05. The lowest BCUT2D eigenvalue weighted by atomic mass is 9.94. The fourth-order valence-electron chi connectivity index (χ4n) is 4.62. The molecule has 9 nitrogen and oxygen atoms in total. The van der Waals surface area contributed by atoms with Crippen molar-refractivity contribution in [1.29, 1.82) is 0 Å². The van der Waals surface area contributed by atoms with Gasteiger partial charge in [0.2, 0.25) is 5.78 Å². The minimum Gasteiger partial charge on any atom is -0.503 e. The molecule has 3 aromatic carbocycles. The van der Waals surface area contributed by atoms with Crippen molar-refractivity contribution >= 4 is 34.3 Å². The highest BCUT2D eigenvalue weighted by atomic mass is 16.5. The van der Waals surface area contributed by atoms with Gasteiger partial charge in [-0.2, -0.15) is 0 Å². The molecule has 4 aromatic rings. The molecule has 0 spiro atoms. The molecule has 9 heteroatoms. The molecule has 1 amide bonds. The second kappa shape index (κ2) is 9.78. The predicted molar refractivity (Wildman–Crippen MR) is 138 cm³/mol. The number of amides is 1. The molecule has 1 unspecified atom stereocenters. The van der Waals surface area contributed by atoms with Crippen LogP contribution in [0, 0.1) is 0 Å². The van der Waals surface area contributed by atoms with Crippen molar-refractivity contribution in [3.63, 3.8) is 0 Å². The molecule has 2 N–H and O–H groups in total. The lowest BCUT2D eigenvalue weighted by Crippen LogP contribution is -2.31. The molecule has 1 aromatic heterocycles. The Morgan fingerprint density at radius 1 is 0.974 bits per heavy atom. The average Bonchev–Trinajstić information content (AvgIpc) is 3.47. The first-order valence-electron chi connectivity index (χ1n) is 11.6. The summed E-state index contributed by atoms with van der Waals surface area (Å²) in [6.45, 7) is 0. The van der Waals surface area contributed by atoms with Gasteiger partial charge in [0, 0.05) is 11.1 Å². The van der Waals surface area contributed by atoms with Crippen LogP contribution in [0.15, 0.2) is 88.5 Å². The Labute approximate surface area is 217 Å². The van der Waals surface area contributed by atoms with Crippen LogP contribution in [0.1, 0.15) is 27.7 Å². The van der Waals surface area contributed by atoms with Gasteiger partial charge in [-0.05, 0) is 47.5 Å². The minimum absolute atomic E-state index is 0.0644. The highest BCUT2D eigenvalue weighted by molar-refractivity contribution is 6.20. The zero-order valence-electron chi connectivity index (χ0n) is 20.5. The number of methoxy groups -OCH3 is 2. The number of aliphatic hydroxyl groups excluding tert-OH is 1. The summed E-state index contributed by atoms with van der Waals surface area (Å²) in [5.41, 5.74) is 1.64. The van der Waals surface area contributed by atoms with Crippen molar-refractivity contribution in [1.82, 2.24) is 0 Å². The third-order valence-electron chi connectivity index (χ3n) is 6.38. The second-order valence-corrected chi connectivity index (χ2v) is 8.67. The normalized spacial score (nSPS) is 15.3. The van der Waals surface area contributed by atoms with Gasteiger partial charge in [0.15, 0.2) is 22.9 Å². The van der Waals surface area contributed by atoms with E-state index < -0.39 is 29.5 Å².